The van der Waals surface area contributed by atoms with Crippen molar-refractivity contribution in [3.8, 4) is 0 Å². The molecule has 0 aromatic carbocycles. The van der Waals surface area contributed by atoms with Crippen molar-refractivity contribution in [3.63, 3.8) is 0 Å². The molecule has 0 aromatic heterocycles. The van der Waals surface area contributed by atoms with Crippen LogP contribution in [-0.4, -0.2) is 52.6 Å². The fraction of sp³-hybridized carbons (Fsp3) is 1.00. The van der Waals surface area contributed by atoms with Gasteiger partial charge in [-0.15, -0.1) is 0 Å². The van der Waals surface area contributed by atoms with Gasteiger partial charge < -0.3 is 24.8 Å². The zero-order valence-electron chi connectivity index (χ0n) is 7.80. The maximum atomic E-state index is 9.33. The van der Waals surface area contributed by atoms with Crippen molar-refractivity contribution in [3.05, 3.63) is 0 Å². The van der Waals surface area contributed by atoms with Crippen LogP contribution in [0.15, 0.2) is 0 Å². The largest absolute Gasteiger partial charge is 0.394 e. The van der Waals surface area contributed by atoms with Crippen LogP contribution in [0.1, 0.15) is 13.8 Å². The Balaban J connectivity index is 2.63. The number of hydrogen-bond donors (Lipinski definition) is 3. The summed E-state index contributed by atoms with van der Waals surface area (Å²) >= 11 is 0. The van der Waals surface area contributed by atoms with Gasteiger partial charge in [0.1, 0.15) is 18.3 Å². The summed E-state index contributed by atoms with van der Waals surface area (Å²) < 4.78 is 10.6. The molecule has 0 unspecified atom stereocenters. The molecule has 78 valence electrons. The van der Waals surface area contributed by atoms with E-state index in [1.807, 2.05) is 0 Å². The highest BCUT2D eigenvalue weighted by molar-refractivity contribution is 4.85. The Labute approximate surface area is 76.9 Å². The third-order valence-corrected chi connectivity index (χ3v) is 1.97. The molecule has 0 aromatic rings. The molecular formula is C8H16O5. The molecule has 13 heavy (non-hydrogen) atoms. The van der Waals surface area contributed by atoms with E-state index in [9.17, 15) is 5.11 Å². The first kappa shape index (κ1) is 10.9. The fourth-order valence-corrected chi connectivity index (χ4v) is 1.43. The van der Waals surface area contributed by atoms with Crippen LogP contribution in [0.3, 0.4) is 0 Å². The predicted octanol–water partition coefficient (Wildman–Crippen LogP) is -1.15. The first-order valence-electron chi connectivity index (χ1n) is 4.25. The summed E-state index contributed by atoms with van der Waals surface area (Å²) in [6.07, 6.45) is -2.25. The van der Waals surface area contributed by atoms with Gasteiger partial charge in [-0.3, -0.25) is 0 Å². The van der Waals surface area contributed by atoms with E-state index >= 15 is 0 Å². The Morgan fingerprint density at radius 3 is 2.38 bits per heavy atom. The standard InChI is InChI=1S/C8H16O5/c1-8(2)12-6(4-10)7(13-8)5(11)3-9/h5-7,9-11H,3-4H2,1-2H3/t5-,6+,7-/m1/s1. The molecule has 0 saturated carbocycles. The van der Waals surface area contributed by atoms with Gasteiger partial charge in [0, 0.05) is 0 Å². The topological polar surface area (TPSA) is 79.2 Å². The first-order valence-corrected chi connectivity index (χ1v) is 4.25. The molecule has 5 nitrogen and oxygen atoms in total. The maximum Gasteiger partial charge on any atom is 0.164 e. The lowest BCUT2D eigenvalue weighted by Gasteiger charge is -2.19. The van der Waals surface area contributed by atoms with Crippen molar-refractivity contribution in [2.24, 2.45) is 0 Å². The molecule has 3 N–H and O–H groups in total. The molecule has 1 aliphatic heterocycles. The number of hydrogen-bond acceptors (Lipinski definition) is 5. The molecule has 0 aliphatic carbocycles. The average Bonchev–Trinajstić information content (AvgIpc) is 2.39. The van der Waals surface area contributed by atoms with Gasteiger partial charge in [-0.25, -0.2) is 0 Å². The van der Waals surface area contributed by atoms with Crippen LogP contribution >= 0.6 is 0 Å². The molecule has 0 radical (unpaired) electrons. The molecule has 1 aliphatic rings. The average molecular weight is 192 g/mol. The minimum atomic E-state index is -1.01. The van der Waals surface area contributed by atoms with Crippen LogP contribution in [0.4, 0.5) is 0 Å². The van der Waals surface area contributed by atoms with Gasteiger partial charge >= 0.3 is 0 Å². The minimum Gasteiger partial charge on any atom is -0.394 e. The van der Waals surface area contributed by atoms with E-state index in [0.29, 0.717) is 0 Å². The Kier molecular flexibility index (Phi) is 3.26. The second-order valence-electron chi connectivity index (χ2n) is 3.57. The van der Waals surface area contributed by atoms with E-state index < -0.39 is 30.7 Å². The SMILES string of the molecule is CC1(C)O[C@H]([C@H](O)CO)[C@H](CO)O1. The number of aliphatic hydroxyl groups excluding tert-OH is 3. The minimum absolute atomic E-state index is 0.231. The van der Waals surface area contributed by atoms with Gasteiger partial charge in [-0.2, -0.15) is 0 Å². The number of rotatable bonds is 3. The number of aliphatic hydroxyl groups is 3. The summed E-state index contributed by atoms with van der Waals surface area (Å²) in [7, 11) is 0. The van der Waals surface area contributed by atoms with Crippen LogP contribution in [0.25, 0.3) is 0 Å². The lowest BCUT2D eigenvalue weighted by molar-refractivity contribution is -0.158. The summed E-state index contributed by atoms with van der Waals surface area (Å²) in [5.74, 6) is -0.811. The zero-order valence-corrected chi connectivity index (χ0v) is 7.80. The monoisotopic (exact) mass is 192 g/mol. The molecule has 1 saturated heterocycles. The second-order valence-corrected chi connectivity index (χ2v) is 3.57. The van der Waals surface area contributed by atoms with Crippen molar-refractivity contribution >= 4 is 0 Å². The third-order valence-electron chi connectivity index (χ3n) is 1.97. The second kappa shape index (κ2) is 3.89. The number of ether oxygens (including phenoxy) is 2. The molecular weight excluding hydrogens is 176 g/mol. The Hall–Kier alpha value is -0.200. The highest BCUT2D eigenvalue weighted by atomic mass is 16.8. The molecule has 0 spiro atoms. The van der Waals surface area contributed by atoms with E-state index in [-0.39, 0.29) is 6.61 Å². The fourth-order valence-electron chi connectivity index (χ4n) is 1.43. The van der Waals surface area contributed by atoms with Crippen molar-refractivity contribution in [2.75, 3.05) is 13.2 Å². The lowest BCUT2D eigenvalue weighted by Crippen LogP contribution is -2.39. The molecule has 5 heteroatoms. The molecule has 1 rings (SSSR count). The van der Waals surface area contributed by atoms with Gasteiger partial charge in [0.25, 0.3) is 0 Å². The van der Waals surface area contributed by atoms with E-state index in [1.165, 1.54) is 0 Å². The van der Waals surface area contributed by atoms with Crippen molar-refractivity contribution < 1.29 is 24.8 Å². The summed E-state index contributed by atoms with van der Waals surface area (Å²) in [4.78, 5) is 0. The summed E-state index contributed by atoms with van der Waals surface area (Å²) in [5.41, 5.74) is 0. The van der Waals surface area contributed by atoms with Crippen molar-refractivity contribution in [1.29, 1.82) is 0 Å². The van der Waals surface area contributed by atoms with E-state index in [0.717, 1.165) is 0 Å². The smallest absolute Gasteiger partial charge is 0.164 e. The summed E-state index contributed by atoms with van der Waals surface area (Å²) in [5, 5.41) is 27.0. The normalized spacial score (nSPS) is 34.8. The van der Waals surface area contributed by atoms with E-state index in [4.69, 9.17) is 19.7 Å². The molecule has 0 bridgehead atoms. The lowest BCUT2D eigenvalue weighted by atomic mass is 10.1. The first-order chi connectivity index (χ1) is 6.00. The molecule has 1 heterocycles. The molecule has 1 fully saturated rings. The van der Waals surface area contributed by atoms with Gasteiger partial charge in [0.2, 0.25) is 0 Å². The van der Waals surface area contributed by atoms with E-state index in [2.05, 4.69) is 0 Å². The van der Waals surface area contributed by atoms with Gasteiger partial charge in [-0.1, -0.05) is 0 Å². The highest BCUT2D eigenvalue weighted by Crippen LogP contribution is 2.29. The predicted molar refractivity (Wildman–Crippen MR) is 44.0 cm³/mol. The van der Waals surface area contributed by atoms with Crippen LogP contribution in [-0.2, 0) is 9.47 Å². The quantitative estimate of drug-likeness (QED) is 0.526. The van der Waals surface area contributed by atoms with Crippen LogP contribution < -0.4 is 0 Å². The molecule has 0 amide bonds. The van der Waals surface area contributed by atoms with Crippen molar-refractivity contribution in [2.45, 2.75) is 37.9 Å². The molecule has 3 atom stereocenters. The van der Waals surface area contributed by atoms with Gasteiger partial charge in [-0.05, 0) is 13.8 Å². The van der Waals surface area contributed by atoms with E-state index in [1.54, 1.807) is 13.8 Å². The highest BCUT2D eigenvalue weighted by Gasteiger charge is 2.44. The maximum absolute atomic E-state index is 9.33. The van der Waals surface area contributed by atoms with Gasteiger partial charge in [0.05, 0.1) is 13.2 Å². The van der Waals surface area contributed by atoms with Crippen LogP contribution in [0.2, 0.25) is 0 Å². The van der Waals surface area contributed by atoms with Gasteiger partial charge in [0.15, 0.2) is 5.79 Å². The van der Waals surface area contributed by atoms with Crippen LogP contribution in [0.5, 0.6) is 0 Å². The Morgan fingerprint density at radius 2 is 1.92 bits per heavy atom. The third kappa shape index (κ3) is 2.38. The summed E-state index contributed by atoms with van der Waals surface area (Å²) in [6.45, 7) is 2.76. The Bertz CT molecular complexity index is 170. The van der Waals surface area contributed by atoms with Crippen molar-refractivity contribution in [1.82, 2.24) is 0 Å². The summed E-state index contributed by atoms with van der Waals surface area (Å²) in [6, 6.07) is 0. The zero-order chi connectivity index (χ0) is 10.1. The Morgan fingerprint density at radius 1 is 1.31 bits per heavy atom. The van der Waals surface area contributed by atoms with Crippen LogP contribution in [0, 0.1) is 0 Å².